The molecule has 0 aliphatic heterocycles. The van der Waals surface area contributed by atoms with Crippen LogP contribution in [0, 0.1) is 23.7 Å². The molecule has 10 nitrogen and oxygen atoms in total. The van der Waals surface area contributed by atoms with Gasteiger partial charge < -0.3 is 29.2 Å². The van der Waals surface area contributed by atoms with Crippen LogP contribution < -0.4 is 0 Å². The van der Waals surface area contributed by atoms with Crippen LogP contribution in [0.5, 0.6) is 0 Å². The zero-order valence-electron chi connectivity index (χ0n) is 20.7. The summed E-state index contributed by atoms with van der Waals surface area (Å²) in [7, 11) is 0. The Bertz CT molecular complexity index is 608. The zero-order valence-corrected chi connectivity index (χ0v) is 20.7. The van der Waals surface area contributed by atoms with E-state index in [1.54, 1.807) is 13.8 Å². The van der Waals surface area contributed by atoms with Gasteiger partial charge in [0, 0.05) is 0 Å². The first-order chi connectivity index (χ1) is 16.1. The molecule has 2 N–H and O–H groups in total. The number of hydrogen-bond donors (Lipinski definition) is 2. The summed E-state index contributed by atoms with van der Waals surface area (Å²) in [6.45, 7) is 5.85. The molecule has 0 heterocycles. The Kier molecular flexibility index (Phi) is 13.7. The molecule has 1 fully saturated rings. The first-order valence-corrected chi connectivity index (χ1v) is 12.1. The van der Waals surface area contributed by atoms with Gasteiger partial charge in [-0.2, -0.15) is 0 Å². The molecule has 1 rings (SSSR count). The molecule has 0 radical (unpaired) electrons. The van der Waals surface area contributed by atoms with Crippen molar-refractivity contribution >= 4 is 23.9 Å². The quantitative estimate of drug-likeness (QED) is 0.274. The van der Waals surface area contributed by atoms with E-state index in [0.29, 0.717) is 25.7 Å². The number of aliphatic hydroxyl groups is 2. The van der Waals surface area contributed by atoms with E-state index in [4.69, 9.17) is 18.9 Å². The molecular weight excluding hydrogens is 448 g/mol. The van der Waals surface area contributed by atoms with Gasteiger partial charge in [0.15, 0.2) is 0 Å². The van der Waals surface area contributed by atoms with E-state index < -0.39 is 47.9 Å². The molecular formula is C24H40O10. The fourth-order valence-electron chi connectivity index (χ4n) is 3.34. The highest BCUT2D eigenvalue weighted by atomic mass is 16.6. The lowest BCUT2D eigenvalue weighted by Gasteiger charge is -2.28. The maximum atomic E-state index is 12.6. The van der Waals surface area contributed by atoms with Gasteiger partial charge in [-0.3, -0.25) is 19.2 Å². The Hall–Kier alpha value is -2.20. The van der Waals surface area contributed by atoms with Crippen molar-refractivity contribution in [3.05, 3.63) is 0 Å². The van der Waals surface area contributed by atoms with Crippen molar-refractivity contribution in [1.82, 2.24) is 0 Å². The molecule has 0 spiro atoms. The lowest BCUT2D eigenvalue weighted by molar-refractivity contribution is -0.168. The normalized spacial score (nSPS) is 21.5. The summed E-state index contributed by atoms with van der Waals surface area (Å²) in [5.41, 5.74) is 0. The lowest BCUT2D eigenvalue weighted by atomic mass is 9.79. The second kappa shape index (κ2) is 15.7. The van der Waals surface area contributed by atoms with Crippen molar-refractivity contribution < 1.29 is 48.3 Å². The number of carbonyl (C=O) groups excluding carboxylic acids is 4. The van der Waals surface area contributed by atoms with Gasteiger partial charge in [-0.25, -0.2) is 0 Å². The zero-order chi connectivity index (χ0) is 25.7. The minimum absolute atomic E-state index is 0.283. The summed E-state index contributed by atoms with van der Waals surface area (Å²) >= 11 is 0. The molecule has 0 aromatic carbocycles. The van der Waals surface area contributed by atoms with Gasteiger partial charge in [0.1, 0.15) is 38.6 Å². The number of aliphatic hydroxyl groups excluding tert-OH is 2. The summed E-state index contributed by atoms with van der Waals surface area (Å²) in [5, 5.41) is 19.9. The number of esters is 4. The van der Waals surface area contributed by atoms with Crippen molar-refractivity contribution in [3.8, 4) is 0 Å². The molecule has 6 unspecified atom stereocenters. The second-order valence-electron chi connectivity index (χ2n) is 8.94. The standard InChI is InChI=1S/C24H40O10/c1-5-15(3)21(27)31-11-17(25)13-33-23(29)19-9-7-8-10-20(19)24(30)34-14-18(26)12-32-22(28)16(4)6-2/h15-20,25-26H,5-14H2,1-4H3. The van der Waals surface area contributed by atoms with Crippen LogP contribution in [-0.2, 0) is 38.1 Å². The molecule has 0 aromatic heterocycles. The van der Waals surface area contributed by atoms with E-state index >= 15 is 0 Å². The summed E-state index contributed by atoms with van der Waals surface area (Å²) < 4.78 is 20.3. The Labute approximate surface area is 201 Å². The van der Waals surface area contributed by atoms with Crippen molar-refractivity contribution in [2.75, 3.05) is 26.4 Å². The van der Waals surface area contributed by atoms with Gasteiger partial charge in [0.2, 0.25) is 0 Å². The van der Waals surface area contributed by atoms with Gasteiger partial charge in [0.05, 0.1) is 23.7 Å². The third-order valence-electron chi connectivity index (χ3n) is 6.07. The summed E-state index contributed by atoms with van der Waals surface area (Å²) in [6, 6.07) is 0. The van der Waals surface area contributed by atoms with Crippen molar-refractivity contribution in [1.29, 1.82) is 0 Å². The number of hydrogen-bond acceptors (Lipinski definition) is 10. The minimum Gasteiger partial charge on any atom is -0.463 e. The SMILES string of the molecule is CCC(C)C(=O)OCC(O)COC(=O)C1CCCCC1C(=O)OCC(O)COC(=O)C(C)CC. The van der Waals surface area contributed by atoms with Gasteiger partial charge in [-0.1, -0.05) is 40.5 Å². The summed E-state index contributed by atoms with van der Waals surface area (Å²) in [5.74, 6) is -4.13. The first kappa shape index (κ1) is 29.8. The Morgan fingerprint density at radius 1 is 0.676 bits per heavy atom. The fourth-order valence-corrected chi connectivity index (χ4v) is 3.34. The van der Waals surface area contributed by atoms with Crippen molar-refractivity contribution in [3.63, 3.8) is 0 Å². The first-order valence-electron chi connectivity index (χ1n) is 12.1. The van der Waals surface area contributed by atoms with Crippen molar-refractivity contribution in [2.24, 2.45) is 23.7 Å². The topological polar surface area (TPSA) is 146 Å². The van der Waals surface area contributed by atoms with E-state index in [1.165, 1.54) is 0 Å². The van der Waals surface area contributed by atoms with E-state index in [9.17, 15) is 29.4 Å². The lowest BCUT2D eigenvalue weighted by Crippen LogP contribution is -2.37. The van der Waals surface area contributed by atoms with Gasteiger partial charge in [0.25, 0.3) is 0 Å². The van der Waals surface area contributed by atoms with E-state index in [1.807, 2.05) is 13.8 Å². The van der Waals surface area contributed by atoms with Crippen molar-refractivity contribution in [2.45, 2.75) is 78.4 Å². The Balaban J connectivity index is 2.46. The smallest absolute Gasteiger partial charge is 0.309 e. The van der Waals surface area contributed by atoms with E-state index in [0.717, 1.165) is 12.8 Å². The molecule has 0 saturated heterocycles. The van der Waals surface area contributed by atoms with Gasteiger partial charge in [-0.05, 0) is 25.7 Å². The summed E-state index contributed by atoms with van der Waals surface area (Å²) in [4.78, 5) is 48.5. The predicted octanol–water partition coefficient (Wildman–Crippen LogP) is 1.78. The number of rotatable bonds is 14. The minimum atomic E-state index is -1.17. The van der Waals surface area contributed by atoms with E-state index in [2.05, 4.69) is 0 Å². The largest absolute Gasteiger partial charge is 0.463 e. The molecule has 1 aliphatic rings. The van der Waals surface area contributed by atoms with Crippen LogP contribution in [0.1, 0.15) is 66.2 Å². The molecule has 34 heavy (non-hydrogen) atoms. The molecule has 0 amide bonds. The van der Waals surface area contributed by atoms with E-state index in [-0.39, 0.29) is 38.3 Å². The van der Waals surface area contributed by atoms with Crippen LogP contribution in [0.4, 0.5) is 0 Å². The molecule has 6 atom stereocenters. The fraction of sp³-hybridized carbons (Fsp3) is 0.833. The van der Waals surface area contributed by atoms with Crippen LogP contribution in [0.2, 0.25) is 0 Å². The van der Waals surface area contributed by atoms with Crippen LogP contribution in [-0.4, -0.2) is 72.7 Å². The molecule has 0 bridgehead atoms. The average Bonchev–Trinajstić information content (AvgIpc) is 2.86. The third-order valence-corrected chi connectivity index (χ3v) is 6.07. The number of carbonyl (C=O) groups is 4. The van der Waals surface area contributed by atoms with Crippen LogP contribution in [0.25, 0.3) is 0 Å². The Morgan fingerprint density at radius 3 is 1.32 bits per heavy atom. The highest BCUT2D eigenvalue weighted by molar-refractivity contribution is 5.82. The summed E-state index contributed by atoms with van der Waals surface area (Å²) in [6.07, 6.45) is 1.25. The van der Waals surface area contributed by atoms with Crippen LogP contribution in [0.3, 0.4) is 0 Å². The third kappa shape index (κ3) is 10.4. The van der Waals surface area contributed by atoms with Crippen LogP contribution >= 0.6 is 0 Å². The predicted molar refractivity (Wildman–Crippen MR) is 120 cm³/mol. The molecule has 1 saturated carbocycles. The van der Waals surface area contributed by atoms with Crippen LogP contribution in [0.15, 0.2) is 0 Å². The average molecular weight is 489 g/mol. The van der Waals surface area contributed by atoms with Gasteiger partial charge in [-0.15, -0.1) is 0 Å². The maximum Gasteiger partial charge on any atom is 0.309 e. The molecule has 1 aliphatic carbocycles. The highest BCUT2D eigenvalue weighted by Crippen LogP contribution is 2.32. The second-order valence-corrected chi connectivity index (χ2v) is 8.94. The monoisotopic (exact) mass is 488 g/mol. The molecule has 196 valence electrons. The Morgan fingerprint density at radius 2 is 1.00 bits per heavy atom. The maximum absolute atomic E-state index is 12.6. The number of ether oxygens (including phenoxy) is 4. The van der Waals surface area contributed by atoms with Gasteiger partial charge >= 0.3 is 23.9 Å². The molecule has 0 aromatic rings. The molecule has 10 heteroatoms. The highest BCUT2D eigenvalue weighted by Gasteiger charge is 2.38.